The summed E-state index contributed by atoms with van der Waals surface area (Å²) in [7, 11) is -4.13. The van der Waals surface area contributed by atoms with Crippen molar-refractivity contribution in [2.24, 2.45) is 0 Å². The number of hydrogen-bond donors (Lipinski definition) is 0. The van der Waals surface area contributed by atoms with Crippen LogP contribution in [0.25, 0.3) is 0 Å². The number of para-hydroxylation sites is 1. The van der Waals surface area contributed by atoms with Gasteiger partial charge in [-0.15, -0.1) is 0 Å². The van der Waals surface area contributed by atoms with E-state index in [2.05, 4.69) is 0 Å². The van der Waals surface area contributed by atoms with Crippen LogP contribution in [0.2, 0.25) is 0 Å². The molecule has 30 heavy (non-hydrogen) atoms. The lowest BCUT2D eigenvalue weighted by Gasteiger charge is -2.23. The van der Waals surface area contributed by atoms with Gasteiger partial charge in [0.15, 0.2) is 11.6 Å². The van der Waals surface area contributed by atoms with Crippen molar-refractivity contribution in [3.8, 4) is 11.5 Å². The standard InChI is InChI=1S/C20H16F2N2O5S/c1-2-23(14-7-4-3-5-8-14)30(27,28)15-11-12-18(17(13-15)24(25)26)29-19-10-6-9-16(21)20(19)22/h3-13H,2H2,1H3. The van der Waals surface area contributed by atoms with Crippen molar-refractivity contribution in [1.82, 2.24) is 0 Å². The normalized spacial score (nSPS) is 11.2. The fraction of sp³-hybridized carbons (Fsp3) is 0.100. The Bertz CT molecular complexity index is 1190. The Morgan fingerprint density at radius 1 is 1.00 bits per heavy atom. The largest absolute Gasteiger partial charge is 0.447 e. The van der Waals surface area contributed by atoms with Gasteiger partial charge in [-0.3, -0.25) is 14.4 Å². The van der Waals surface area contributed by atoms with E-state index in [1.54, 1.807) is 37.3 Å². The molecule has 0 atom stereocenters. The Kier molecular flexibility index (Phi) is 5.97. The van der Waals surface area contributed by atoms with Crippen LogP contribution in [0.3, 0.4) is 0 Å². The Morgan fingerprint density at radius 2 is 1.70 bits per heavy atom. The second-order valence-electron chi connectivity index (χ2n) is 6.05. The summed E-state index contributed by atoms with van der Waals surface area (Å²) >= 11 is 0. The minimum atomic E-state index is -4.13. The minimum Gasteiger partial charge on any atom is -0.447 e. The third-order valence-corrected chi connectivity index (χ3v) is 6.08. The van der Waals surface area contributed by atoms with E-state index < -0.39 is 43.8 Å². The third kappa shape index (κ3) is 4.08. The molecule has 0 N–H and O–H groups in total. The zero-order chi connectivity index (χ0) is 21.9. The number of hydrogen-bond acceptors (Lipinski definition) is 5. The molecule has 156 valence electrons. The van der Waals surface area contributed by atoms with Crippen molar-refractivity contribution < 1.29 is 26.9 Å². The number of nitrogens with zero attached hydrogens (tertiary/aromatic N) is 2. The smallest absolute Gasteiger partial charge is 0.312 e. The molecule has 3 aromatic rings. The first-order valence-electron chi connectivity index (χ1n) is 8.73. The lowest BCUT2D eigenvalue weighted by atomic mass is 10.3. The molecule has 0 saturated heterocycles. The van der Waals surface area contributed by atoms with Crippen molar-refractivity contribution in [2.75, 3.05) is 10.8 Å². The van der Waals surface area contributed by atoms with E-state index in [1.165, 1.54) is 6.07 Å². The Labute approximate surface area is 171 Å². The average Bonchev–Trinajstić information content (AvgIpc) is 2.72. The summed E-state index contributed by atoms with van der Waals surface area (Å²) in [6.07, 6.45) is 0. The number of benzene rings is 3. The molecule has 0 radical (unpaired) electrons. The van der Waals surface area contributed by atoms with Gasteiger partial charge in [0.1, 0.15) is 0 Å². The van der Waals surface area contributed by atoms with E-state index in [-0.39, 0.29) is 11.4 Å². The molecule has 3 aromatic carbocycles. The number of rotatable bonds is 7. The first kappa shape index (κ1) is 21.2. The van der Waals surface area contributed by atoms with E-state index in [9.17, 15) is 27.3 Å². The molecule has 0 unspecified atom stereocenters. The molecule has 0 fully saturated rings. The monoisotopic (exact) mass is 434 g/mol. The Morgan fingerprint density at radius 3 is 2.33 bits per heavy atom. The van der Waals surface area contributed by atoms with Crippen LogP contribution < -0.4 is 9.04 Å². The predicted octanol–water partition coefficient (Wildman–Crippen LogP) is 4.88. The highest BCUT2D eigenvalue weighted by Gasteiger charge is 2.28. The molecular formula is C20H16F2N2O5S. The molecule has 0 aromatic heterocycles. The highest BCUT2D eigenvalue weighted by atomic mass is 32.2. The van der Waals surface area contributed by atoms with Gasteiger partial charge in [-0.2, -0.15) is 4.39 Å². The lowest BCUT2D eigenvalue weighted by Crippen LogP contribution is -2.30. The molecule has 0 heterocycles. The number of nitro benzene ring substituents is 1. The first-order valence-corrected chi connectivity index (χ1v) is 10.2. The van der Waals surface area contributed by atoms with Crippen LogP contribution in [0.5, 0.6) is 11.5 Å². The van der Waals surface area contributed by atoms with Crippen molar-refractivity contribution in [1.29, 1.82) is 0 Å². The van der Waals surface area contributed by atoms with Gasteiger partial charge < -0.3 is 4.74 Å². The fourth-order valence-corrected chi connectivity index (χ4v) is 4.27. The van der Waals surface area contributed by atoms with Crippen LogP contribution in [-0.2, 0) is 10.0 Å². The first-order chi connectivity index (χ1) is 14.3. The van der Waals surface area contributed by atoms with Crippen molar-refractivity contribution in [2.45, 2.75) is 11.8 Å². The van der Waals surface area contributed by atoms with E-state index in [0.717, 1.165) is 34.6 Å². The molecule has 0 saturated carbocycles. The number of halogens is 2. The summed E-state index contributed by atoms with van der Waals surface area (Å²) in [5.41, 5.74) is -0.311. The van der Waals surface area contributed by atoms with Crippen molar-refractivity contribution >= 4 is 21.4 Å². The highest BCUT2D eigenvalue weighted by Crippen LogP contribution is 2.36. The number of nitro groups is 1. The van der Waals surface area contributed by atoms with Crippen LogP contribution in [0.1, 0.15) is 6.92 Å². The Balaban J connectivity index is 2.04. The van der Waals surface area contributed by atoms with Gasteiger partial charge in [-0.25, -0.2) is 12.8 Å². The molecule has 3 rings (SSSR count). The minimum absolute atomic E-state index is 0.0902. The Hall–Kier alpha value is -3.53. The van der Waals surface area contributed by atoms with Crippen LogP contribution in [0.4, 0.5) is 20.2 Å². The van der Waals surface area contributed by atoms with Gasteiger partial charge in [0, 0.05) is 12.6 Å². The number of ether oxygens (including phenoxy) is 1. The molecule has 0 aliphatic heterocycles. The zero-order valence-electron chi connectivity index (χ0n) is 15.7. The van der Waals surface area contributed by atoms with E-state index in [0.29, 0.717) is 5.69 Å². The van der Waals surface area contributed by atoms with Gasteiger partial charge in [0.25, 0.3) is 10.0 Å². The maximum atomic E-state index is 13.9. The zero-order valence-corrected chi connectivity index (χ0v) is 16.5. The summed E-state index contributed by atoms with van der Waals surface area (Å²) in [5.74, 6) is -3.49. The van der Waals surface area contributed by atoms with Crippen molar-refractivity contribution in [3.05, 3.63) is 88.5 Å². The summed E-state index contributed by atoms with van der Waals surface area (Å²) in [5, 5.41) is 11.5. The van der Waals surface area contributed by atoms with E-state index in [1.807, 2.05) is 0 Å². The van der Waals surface area contributed by atoms with Crippen LogP contribution >= 0.6 is 0 Å². The van der Waals surface area contributed by atoms with Crippen molar-refractivity contribution in [3.63, 3.8) is 0 Å². The molecular weight excluding hydrogens is 418 g/mol. The molecule has 0 aliphatic carbocycles. The van der Waals surface area contributed by atoms with Crippen LogP contribution in [0, 0.1) is 21.7 Å². The van der Waals surface area contributed by atoms with Gasteiger partial charge >= 0.3 is 5.69 Å². The third-order valence-electron chi connectivity index (χ3n) is 4.18. The SMILES string of the molecule is CCN(c1ccccc1)S(=O)(=O)c1ccc(Oc2cccc(F)c2F)c([N+](=O)[O-])c1. The summed E-state index contributed by atoms with van der Waals surface area (Å²) < 4.78 is 59.6. The molecule has 0 amide bonds. The topological polar surface area (TPSA) is 89.8 Å². The molecule has 0 spiro atoms. The molecule has 10 heteroatoms. The van der Waals surface area contributed by atoms with Gasteiger partial charge in [-0.05, 0) is 43.3 Å². The van der Waals surface area contributed by atoms with Crippen LogP contribution in [-0.4, -0.2) is 19.9 Å². The van der Waals surface area contributed by atoms with Gasteiger partial charge in [0.05, 0.1) is 15.5 Å². The lowest BCUT2D eigenvalue weighted by molar-refractivity contribution is -0.385. The second kappa shape index (κ2) is 8.46. The average molecular weight is 434 g/mol. The summed E-state index contributed by atoms with van der Waals surface area (Å²) in [6.45, 7) is 1.72. The van der Waals surface area contributed by atoms with Crippen LogP contribution in [0.15, 0.2) is 71.6 Å². The summed E-state index contributed by atoms with van der Waals surface area (Å²) in [6, 6.07) is 14.4. The van der Waals surface area contributed by atoms with E-state index in [4.69, 9.17) is 4.74 Å². The summed E-state index contributed by atoms with van der Waals surface area (Å²) in [4.78, 5) is 10.3. The van der Waals surface area contributed by atoms with Gasteiger partial charge in [-0.1, -0.05) is 24.3 Å². The maximum absolute atomic E-state index is 13.9. The quantitative estimate of drug-likeness (QED) is 0.391. The second-order valence-corrected chi connectivity index (χ2v) is 7.91. The molecule has 7 nitrogen and oxygen atoms in total. The molecule has 0 bridgehead atoms. The molecule has 0 aliphatic rings. The highest BCUT2D eigenvalue weighted by molar-refractivity contribution is 7.92. The van der Waals surface area contributed by atoms with E-state index >= 15 is 0 Å². The number of sulfonamides is 1. The number of anilines is 1. The fourth-order valence-electron chi connectivity index (χ4n) is 2.78. The predicted molar refractivity (Wildman–Crippen MR) is 106 cm³/mol. The maximum Gasteiger partial charge on any atom is 0.312 e. The van der Waals surface area contributed by atoms with Gasteiger partial charge in [0.2, 0.25) is 11.6 Å².